The summed E-state index contributed by atoms with van der Waals surface area (Å²) in [5.41, 5.74) is 1.15. The Hall–Kier alpha value is -1.79. The van der Waals surface area contributed by atoms with E-state index in [-0.39, 0.29) is 11.9 Å². The van der Waals surface area contributed by atoms with Crippen LogP contribution in [0.2, 0.25) is 0 Å². The molecule has 1 unspecified atom stereocenters. The molecule has 0 fully saturated rings. The first kappa shape index (κ1) is 13.2. The Bertz CT molecular complexity index is 686. The van der Waals surface area contributed by atoms with Gasteiger partial charge in [0.1, 0.15) is 5.69 Å². The van der Waals surface area contributed by atoms with E-state index in [0.29, 0.717) is 5.69 Å². The first-order valence-corrected chi connectivity index (χ1v) is 7.12. The van der Waals surface area contributed by atoms with Gasteiger partial charge < -0.3 is 10.6 Å². The summed E-state index contributed by atoms with van der Waals surface area (Å²) in [7, 11) is 0. The number of hydrogen-bond donors (Lipinski definition) is 2. The van der Waals surface area contributed by atoms with Crippen molar-refractivity contribution in [3.05, 3.63) is 46.8 Å². The molecule has 1 aliphatic rings. The van der Waals surface area contributed by atoms with Crippen LogP contribution in [0, 0.1) is 0 Å². The summed E-state index contributed by atoms with van der Waals surface area (Å²) < 4.78 is 0.781. The Labute approximate surface area is 124 Å². The van der Waals surface area contributed by atoms with E-state index < -0.39 is 0 Å². The number of hydrogen-bond acceptors (Lipinski definition) is 4. The van der Waals surface area contributed by atoms with Crippen molar-refractivity contribution in [2.24, 2.45) is 0 Å². The largest absolute Gasteiger partial charge is 0.343 e. The monoisotopic (exact) mass is 332 g/mol. The van der Waals surface area contributed by atoms with Crippen molar-refractivity contribution in [3.63, 3.8) is 0 Å². The van der Waals surface area contributed by atoms with E-state index in [4.69, 9.17) is 0 Å². The van der Waals surface area contributed by atoms with Crippen LogP contribution in [0.3, 0.4) is 0 Å². The SMILES string of the molecule is O=C(NC1C=CCNC1)c1ccc2cncc(Br)c2n1. The molecule has 3 heterocycles. The molecular formula is C14H13BrN4O. The minimum Gasteiger partial charge on any atom is -0.343 e. The molecule has 0 bridgehead atoms. The fourth-order valence-corrected chi connectivity index (χ4v) is 2.54. The van der Waals surface area contributed by atoms with Gasteiger partial charge in [-0.2, -0.15) is 0 Å². The first-order valence-electron chi connectivity index (χ1n) is 6.32. The first-order chi connectivity index (χ1) is 9.74. The van der Waals surface area contributed by atoms with Gasteiger partial charge >= 0.3 is 0 Å². The number of carbonyl (C=O) groups excluding carboxylic acids is 1. The molecule has 1 amide bonds. The molecule has 6 heteroatoms. The molecule has 20 heavy (non-hydrogen) atoms. The van der Waals surface area contributed by atoms with Crippen LogP contribution in [0.25, 0.3) is 10.9 Å². The number of halogens is 1. The van der Waals surface area contributed by atoms with E-state index in [1.54, 1.807) is 18.5 Å². The third-order valence-electron chi connectivity index (χ3n) is 3.10. The number of rotatable bonds is 2. The quantitative estimate of drug-likeness (QED) is 0.820. The lowest BCUT2D eigenvalue weighted by molar-refractivity contribution is 0.0939. The van der Waals surface area contributed by atoms with Gasteiger partial charge in [0.05, 0.1) is 16.0 Å². The fraction of sp³-hybridized carbons (Fsp3) is 0.214. The van der Waals surface area contributed by atoms with Gasteiger partial charge in [-0.25, -0.2) is 4.98 Å². The number of carbonyl (C=O) groups is 1. The highest BCUT2D eigenvalue weighted by Gasteiger charge is 2.14. The molecule has 2 aromatic heterocycles. The van der Waals surface area contributed by atoms with E-state index in [1.807, 2.05) is 18.2 Å². The van der Waals surface area contributed by atoms with Gasteiger partial charge in [-0.05, 0) is 28.1 Å². The maximum Gasteiger partial charge on any atom is 0.270 e. The lowest BCUT2D eigenvalue weighted by Crippen LogP contribution is -2.43. The number of aromatic nitrogens is 2. The lowest BCUT2D eigenvalue weighted by Gasteiger charge is -2.18. The molecule has 0 radical (unpaired) electrons. The van der Waals surface area contributed by atoms with E-state index in [2.05, 4.69) is 36.5 Å². The van der Waals surface area contributed by atoms with Crippen molar-refractivity contribution in [1.82, 2.24) is 20.6 Å². The van der Waals surface area contributed by atoms with Gasteiger partial charge in [-0.1, -0.05) is 12.2 Å². The van der Waals surface area contributed by atoms with Gasteiger partial charge in [0.15, 0.2) is 0 Å². The molecule has 102 valence electrons. The Morgan fingerprint density at radius 2 is 2.30 bits per heavy atom. The highest BCUT2D eigenvalue weighted by molar-refractivity contribution is 9.10. The second kappa shape index (κ2) is 5.68. The fourth-order valence-electron chi connectivity index (χ4n) is 2.10. The third-order valence-corrected chi connectivity index (χ3v) is 3.68. The molecule has 3 rings (SSSR count). The third kappa shape index (κ3) is 2.71. The standard InChI is InChI=1S/C14H13BrN4O/c15-11-8-17-6-9-3-4-12(19-13(9)11)14(20)18-10-2-1-5-16-7-10/h1-4,6,8,10,16H,5,7H2,(H,18,20). The summed E-state index contributed by atoms with van der Waals surface area (Å²) in [6.07, 6.45) is 7.40. The smallest absolute Gasteiger partial charge is 0.270 e. The van der Waals surface area contributed by atoms with Crippen molar-refractivity contribution < 1.29 is 4.79 Å². The van der Waals surface area contributed by atoms with Gasteiger partial charge in [0.2, 0.25) is 0 Å². The van der Waals surface area contributed by atoms with E-state index in [9.17, 15) is 4.79 Å². The lowest BCUT2D eigenvalue weighted by atomic mass is 10.2. The minimum absolute atomic E-state index is 0.00891. The predicted octanol–water partition coefficient (Wildman–Crippen LogP) is 1.65. The van der Waals surface area contributed by atoms with Crippen molar-refractivity contribution >= 4 is 32.7 Å². The van der Waals surface area contributed by atoms with Gasteiger partial charge in [-0.3, -0.25) is 9.78 Å². The van der Waals surface area contributed by atoms with Crippen molar-refractivity contribution in [2.45, 2.75) is 6.04 Å². The molecule has 2 N–H and O–H groups in total. The average molecular weight is 333 g/mol. The van der Waals surface area contributed by atoms with Crippen molar-refractivity contribution in [1.29, 1.82) is 0 Å². The van der Waals surface area contributed by atoms with Gasteiger partial charge in [0.25, 0.3) is 5.91 Å². The minimum atomic E-state index is -0.172. The highest BCUT2D eigenvalue weighted by atomic mass is 79.9. The number of nitrogens with zero attached hydrogens (tertiary/aromatic N) is 2. The molecule has 2 aromatic rings. The van der Waals surface area contributed by atoms with Crippen LogP contribution in [0.4, 0.5) is 0 Å². The number of amides is 1. The highest BCUT2D eigenvalue weighted by Crippen LogP contribution is 2.20. The normalized spacial score (nSPS) is 18.1. The van der Waals surface area contributed by atoms with Crippen LogP contribution >= 0.6 is 15.9 Å². The summed E-state index contributed by atoms with van der Waals surface area (Å²) in [6.45, 7) is 1.59. The number of fused-ring (bicyclic) bond motifs is 1. The summed E-state index contributed by atoms with van der Waals surface area (Å²) in [5.74, 6) is -0.172. The molecule has 5 nitrogen and oxygen atoms in total. The predicted molar refractivity (Wildman–Crippen MR) is 80.5 cm³/mol. The van der Waals surface area contributed by atoms with Crippen molar-refractivity contribution in [2.75, 3.05) is 13.1 Å². The second-order valence-corrected chi connectivity index (χ2v) is 5.41. The second-order valence-electron chi connectivity index (χ2n) is 4.56. The van der Waals surface area contributed by atoms with Crippen LogP contribution in [0.1, 0.15) is 10.5 Å². The molecule has 0 spiro atoms. The van der Waals surface area contributed by atoms with E-state index in [0.717, 1.165) is 28.5 Å². The summed E-state index contributed by atoms with van der Waals surface area (Å²) in [6, 6.07) is 3.57. The molecular weight excluding hydrogens is 320 g/mol. The van der Waals surface area contributed by atoms with E-state index >= 15 is 0 Å². The molecule has 1 atom stereocenters. The van der Waals surface area contributed by atoms with Gasteiger partial charge in [0, 0.05) is 30.9 Å². The Morgan fingerprint density at radius 1 is 1.40 bits per heavy atom. The van der Waals surface area contributed by atoms with Crippen molar-refractivity contribution in [3.8, 4) is 0 Å². The molecule has 0 aromatic carbocycles. The zero-order chi connectivity index (χ0) is 13.9. The maximum absolute atomic E-state index is 12.2. The zero-order valence-electron chi connectivity index (χ0n) is 10.6. The topological polar surface area (TPSA) is 66.9 Å². The van der Waals surface area contributed by atoms with Crippen LogP contribution < -0.4 is 10.6 Å². The molecule has 0 saturated carbocycles. The maximum atomic E-state index is 12.2. The Kier molecular flexibility index (Phi) is 3.75. The molecule has 1 aliphatic heterocycles. The Morgan fingerprint density at radius 3 is 3.10 bits per heavy atom. The number of pyridine rings is 2. The zero-order valence-corrected chi connectivity index (χ0v) is 12.2. The summed E-state index contributed by atoms with van der Waals surface area (Å²) >= 11 is 3.40. The molecule has 0 saturated heterocycles. The average Bonchev–Trinajstić information content (AvgIpc) is 2.48. The summed E-state index contributed by atoms with van der Waals surface area (Å²) in [4.78, 5) is 20.7. The summed E-state index contributed by atoms with van der Waals surface area (Å²) in [5, 5.41) is 7.03. The number of nitrogens with one attached hydrogen (secondary N) is 2. The van der Waals surface area contributed by atoms with Crippen LogP contribution in [-0.2, 0) is 0 Å². The van der Waals surface area contributed by atoms with Crippen LogP contribution in [0.5, 0.6) is 0 Å². The Balaban J connectivity index is 1.86. The molecule has 0 aliphatic carbocycles. The van der Waals surface area contributed by atoms with Gasteiger partial charge in [-0.15, -0.1) is 0 Å². The van der Waals surface area contributed by atoms with E-state index in [1.165, 1.54) is 0 Å². The van der Waals surface area contributed by atoms with Crippen LogP contribution in [-0.4, -0.2) is 35.0 Å². The van der Waals surface area contributed by atoms with Crippen LogP contribution in [0.15, 0.2) is 41.2 Å².